The molecule has 9 heteroatoms. The first-order valence-corrected chi connectivity index (χ1v) is 12.2. The van der Waals surface area contributed by atoms with Crippen LogP contribution in [0.2, 0.25) is 0 Å². The highest BCUT2D eigenvalue weighted by Gasteiger charge is 2.44. The van der Waals surface area contributed by atoms with E-state index in [2.05, 4.69) is 33.6 Å². The first kappa shape index (κ1) is 25.5. The van der Waals surface area contributed by atoms with Crippen LogP contribution < -0.4 is 4.74 Å². The van der Waals surface area contributed by atoms with E-state index in [1.165, 1.54) is 0 Å². The van der Waals surface area contributed by atoms with Crippen molar-refractivity contribution in [2.45, 2.75) is 69.2 Å². The molecule has 1 aromatic heterocycles. The molecule has 0 amide bonds. The predicted molar refractivity (Wildman–Crippen MR) is 127 cm³/mol. The van der Waals surface area contributed by atoms with Crippen molar-refractivity contribution in [3.8, 4) is 5.75 Å². The molecule has 2 aromatic rings. The van der Waals surface area contributed by atoms with Crippen LogP contribution in [0.25, 0.3) is 10.9 Å². The van der Waals surface area contributed by atoms with E-state index in [-0.39, 0.29) is 0 Å². The number of aromatic nitrogens is 1. The summed E-state index contributed by atoms with van der Waals surface area (Å²) in [6.07, 6.45) is 1.80. The van der Waals surface area contributed by atoms with Gasteiger partial charge in [-0.2, -0.15) is 0 Å². The second-order valence-electron chi connectivity index (χ2n) is 8.00. The van der Waals surface area contributed by atoms with Crippen LogP contribution in [0.4, 0.5) is 0 Å². The molecule has 0 bridgehead atoms. The van der Waals surface area contributed by atoms with E-state index < -0.39 is 37.3 Å². The van der Waals surface area contributed by atoms with E-state index in [9.17, 15) is 20.4 Å². The van der Waals surface area contributed by atoms with Gasteiger partial charge in [0.25, 0.3) is 0 Å². The van der Waals surface area contributed by atoms with Gasteiger partial charge in [0, 0.05) is 21.8 Å². The van der Waals surface area contributed by atoms with Gasteiger partial charge in [-0.3, -0.25) is 4.98 Å². The third kappa shape index (κ3) is 6.96. The molecule has 4 N–H and O–H groups in total. The lowest BCUT2D eigenvalue weighted by Crippen LogP contribution is -2.59. The summed E-state index contributed by atoms with van der Waals surface area (Å²) in [6, 6.07) is 8.05. The summed E-state index contributed by atoms with van der Waals surface area (Å²) in [5.41, 5.74) is 0.943. The fraction of sp³-hybridized carbons (Fsp3) is 0.609. The highest BCUT2D eigenvalue weighted by atomic mass is 127. The van der Waals surface area contributed by atoms with Crippen molar-refractivity contribution < 1.29 is 34.6 Å². The Balaban J connectivity index is 1.26. The smallest absolute Gasteiger partial charge is 0.184 e. The maximum Gasteiger partial charge on any atom is 0.184 e. The Kier molecular flexibility index (Phi) is 10.4. The van der Waals surface area contributed by atoms with Crippen molar-refractivity contribution in [2.24, 2.45) is 0 Å². The first-order chi connectivity index (χ1) is 15.5. The molecule has 1 aromatic carbocycles. The second-order valence-corrected chi connectivity index (χ2v) is 9.25. The van der Waals surface area contributed by atoms with Gasteiger partial charge in [0.2, 0.25) is 0 Å². The number of aliphatic hydroxyl groups is 4. The molecule has 5 atom stereocenters. The molecule has 0 saturated carbocycles. The molecule has 1 aliphatic rings. The number of pyridine rings is 1. The molecule has 1 aliphatic heterocycles. The zero-order valence-corrected chi connectivity index (χ0v) is 20.1. The highest BCUT2D eigenvalue weighted by molar-refractivity contribution is 14.1. The van der Waals surface area contributed by atoms with Crippen LogP contribution in [0, 0.1) is 3.57 Å². The van der Waals surface area contributed by atoms with Crippen LogP contribution in [0.15, 0.2) is 30.5 Å². The topological polar surface area (TPSA) is 122 Å². The zero-order chi connectivity index (χ0) is 22.9. The van der Waals surface area contributed by atoms with Gasteiger partial charge in [-0.15, -0.1) is 0 Å². The minimum atomic E-state index is -1.48. The van der Waals surface area contributed by atoms with Crippen molar-refractivity contribution in [2.75, 3.05) is 19.8 Å². The summed E-state index contributed by atoms with van der Waals surface area (Å²) in [5, 5.41) is 39.9. The lowest BCUT2D eigenvalue weighted by atomic mass is 9.99. The Morgan fingerprint density at radius 3 is 2.41 bits per heavy atom. The molecule has 0 aliphatic carbocycles. The van der Waals surface area contributed by atoms with Crippen molar-refractivity contribution in [1.29, 1.82) is 0 Å². The number of hydrogen-bond donors (Lipinski definition) is 4. The van der Waals surface area contributed by atoms with Crippen molar-refractivity contribution in [1.82, 2.24) is 4.98 Å². The normalized spacial score (nSPS) is 25.8. The molecule has 0 spiro atoms. The van der Waals surface area contributed by atoms with Crippen molar-refractivity contribution in [3.63, 3.8) is 0 Å². The zero-order valence-electron chi connectivity index (χ0n) is 18.0. The quantitative estimate of drug-likeness (QED) is 0.230. The fourth-order valence-corrected chi connectivity index (χ4v) is 4.27. The van der Waals surface area contributed by atoms with Gasteiger partial charge in [-0.25, -0.2) is 0 Å². The summed E-state index contributed by atoms with van der Waals surface area (Å²) in [5.74, 6) is 0.870. The molecular weight excluding hydrogens is 529 g/mol. The minimum absolute atomic E-state index is 0.362. The van der Waals surface area contributed by atoms with E-state index in [1.807, 2.05) is 18.2 Å². The monoisotopic (exact) mass is 561 g/mol. The average Bonchev–Trinajstić information content (AvgIpc) is 2.79. The minimum Gasteiger partial charge on any atom is -0.493 e. The predicted octanol–water partition coefficient (Wildman–Crippen LogP) is 2.38. The number of fused-ring (bicyclic) bond motifs is 1. The third-order valence-corrected chi connectivity index (χ3v) is 6.28. The second kappa shape index (κ2) is 13.0. The first-order valence-electron chi connectivity index (χ1n) is 11.1. The Morgan fingerprint density at radius 2 is 1.66 bits per heavy atom. The van der Waals surface area contributed by atoms with Crippen LogP contribution >= 0.6 is 22.6 Å². The third-order valence-electron chi connectivity index (χ3n) is 5.61. The van der Waals surface area contributed by atoms with Gasteiger partial charge in [0.15, 0.2) is 6.29 Å². The number of rotatable bonds is 12. The molecule has 2 heterocycles. The number of benzene rings is 1. The largest absolute Gasteiger partial charge is 0.493 e. The maximum atomic E-state index is 10.1. The van der Waals surface area contributed by atoms with E-state index in [4.69, 9.17) is 14.2 Å². The van der Waals surface area contributed by atoms with Crippen LogP contribution in [0.1, 0.15) is 38.5 Å². The lowest BCUT2D eigenvalue weighted by Gasteiger charge is -2.39. The van der Waals surface area contributed by atoms with Crippen LogP contribution in [-0.2, 0) is 9.47 Å². The number of halogens is 1. The molecule has 32 heavy (non-hydrogen) atoms. The van der Waals surface area contributed by atoms with Gasteiger partial charge in [0.1, 0.15) is 30.2 Å². The van der Waals surface area contributed by atoms with Crippen molar-refractivity contribution in [3.05, 3.63) is 34.0 Å². The summed E-state index contributed by atoms with van der Waals surface area (Å²) in [6.45, 7) is 0.578. The number of ether oxygens (including phenoxy) is 3. The molecule has 1 saturated heterocycles. The van der Waals surface area contributed by atoms with Gasteiger partial charge < -0.3 is 34.6 Å². The number of unbranched alkanes of at least 4 members (excludes halogenated alkanes) is 5. The van der Waals surface area contributed by atoms with E-state index in [1.54, 1.807) is 6.20 Å². The Bertz CT molecular complexity index is 839. The van der Waals surface area contributed by atoms with Gasteiger partial charge in [0.05, 0.1) is 18.7 Å². The molecule has 1 fully saturated rings. The number of nitrogens with zero attached hydrogens (tertiary/aromatic N) is 1. The number of hydrogen-bond acceptors (Lipinski definition) is 8. The lowest BCUT2D eigenvalue weighted by molar-refractivity contribution is -0.294. The Labute approximate surface area is 201 Å². The summed E-state index contributed by atoms with van der Waals surface area (Å²) < 4.78 is 17.6. The molecule has 0 radical (unpaired) electrons. The summed E-state index contributed by atoms with van der Waals surface area (Å²) >= 11 is 2.28. The molecule has 8 nitrogen and oxygen atoms in total. The molecule has 3 rings (SSSR count). The highest BCUT2D eigenvalue weighted by Crippen LogP contribution is 2.26. The summed E-state index contributed by atoms with van der Waals surface area (Å²) in [7, 11) is 0. The van der Waals surface area contributed by atoms with Gasteiger partial charge in [-0.1, -0.05) is 25.7 Å². The van der Waals surface area contributed by atoms with Gasteiger partial charge in [-0.05, 0) is 59.7 Å². The average molecular weight is 561 g/mol. The Hall–Kier alpha value is -1.08. The SMILES string of the molecule is OC[C@H]1OC(O)[C@H](O)[C@@H](OCCCCCCCCOc2ccnc3cc(I)ccc23)[C@@H]1O. The standard InChI is InChI=1S/C23H32INO7/c24-15-7-8-16-17(13-15)25-10-9-18(16)30-11-5-3-1-2-4-6-12-31-22-20(27)19(14-26)32-23(29)21(22)28/h7-10,13,19-23,26-29H,1-6,11-12,14H2/t19-,20-,21-,22+,23?/m1/s1. The molecular formula is C23H32INO7. The fourth-order valence-electron chi connectivity index (χ4n) is 3.80. The Morgan fingerprint density at radius 1 is 0.938 bits per heavy atom. The van der Waals surface area contributed by atoms with Crippen LogP contribution in [-0.4, -0.2) is 75.9 Å². The maximum absolute atomic E-state index is 10.1. The van der Waals surface area contributed by atoms with Crippen LogP contribution in [0.5, 0.6) is 5.75 Å². The number of aliphatic hydroxyl groups excluding tert-OH is 4. The van der Waals surface area contributed by atoms with Crippen molar-refractivity contribution >= 4 is 33.5 Å². The van der Waals surface area contributed by atoms with E-state index in [0.717, 1.165) is 58.7 Å². The van der Waals surface area contributed by atoms with Crippen LogP contribution in [0.3, 0.4) is 0 Å². The van der Waals surface area contributed by atoms with E-state index >= 15 is 0 Å². The molecule has 178 valence electrons. The molecule has 1 unspecified atom stereocenters. The summed E-state index contributed by atoms with van der Waals surface area (Å²) in [4.78, 5) is 4.39. The van der Waals surface area contributed by atoms with E-state index in [0.29, 0.717) is 13.2 Å². The van der Waals surface area contributed by atoms with Gasteiger partial charge >= 0.3 is 0 Å².